The van der Waals surface area contributed by atoms with E-state index in [-0.39, 0.29) is 6.10 Å². The van der Waals surface area contributed by atoms with Gasteiger partial charge in [-0.25, -0.2) is 4.79 Å². The molecule has 0 aliphatic carbocycles. The van der Waals surface area contributed by atoms with Gasteiger partial charge in [0, 0.05) is 0 Å². The number of rotatable bonds is 5. The highest BCUT2D eigenvalue weighted by atomic mass is 16.5. The van der Waals surface area contributed by atoms with Crippen molar-refractivity contribution in [2.24, 2.45) is 0 Å². The monoisotopic (exact) mass is 296 g/mol. The Morgan fingerprint density at radius 3 is 2.62 bits per heavy atom. The Bertz CT molecular complexity index is 299. The first-order valence-electron chi connectivity index (χ1n) is 8.77. The van der Waals surface area contributed by atoms with Gasteiger partial charge in [-0.05, 0) is 38.5 Å². The van der Waals surface area contributed by atoms with Crippen LogP contribution in [0.15, 0.2) is 12.2 Å². The third kappa shape index (κ3) is 8.92. The van der Waals surface area contributed by atoms with Crippen LogP contribution in [0.5, 0.6) is 0 Å². The summed E-state index contributed by atoms with van der Waals surface area (Å²) in [4.78, 5) is 11.4. The first kappa shape index (κ1) is 18.2. The second kappa shape index (κ2) is 11.8. The topological polar surface area (TPSA) is 46.5 Å². The predicted molar refractivity (Wildman–Crippen MR) is 86.5 cm³/mol. The molecule has 3 heteroatoms. The molecule has 0 radical (unpaired) electrons. The van der Waals surface area contributed by atoms with E-state index in [0.717, 1.165) is 44.9 Å². The Kier molecular flexibility index (Phi) is 10.2. The highest BCUT2D eigenvalue weighted by Gasteiger charge is 2.22. The summed E-state index contributed by atoms with van der Waals surface area (Å²) < 4.78 is 5.94. The summed E-state index contributed by atoms with van der Waals surface area (Å²) in [5.41, 5.74) is 0. The summed E-state index contributed by atoms with van der Waals surface area (Å²) >= 11 is 0. The fourth-order valence-electron chi connectivity index (χ4n) is 2.85. The predicted octanol–water partition coefficient (Wildman–Crippen LogP) is 5.10. The Morgan fingerprint density at radius 1 is 1.10 bits per heavy atom. The quantitative estimate of drug-likeness (QED) is 0.567. The van der Waals surface area contributed by atoms with Gasteiger partial charge in [0.2, 0.25) is 0 Å². The molecule has 1 aliphatic heterocycles. The van der Waals surface area contributed by atoms with E-state index in [1.165, 1.54) is 25.7 Å². The number of unbranched alkanes of at least 4 members (excludes halogenated alkanes) is 2. The largest absolute Gasteiger partial charge is 0.479 e. The van der Waals surface area contributed by atoms with Gasteiger partial charge in [-0.3, -0.25) is 0 Å². The van der Waals surface area contributed by atoms with Gasteiger partial charge >= 0.3 is 5.97 Å². The molecule has 1 N–H and O–H groups in total. The number of carboxylic acid groups (broad SMARTS) is 1. The van der Waals surface area contributed by atoms with E-state index in [1.807, 2.05) is 0 Å². The maximum absolute atomic E-state index is 11.4. The lowest BCUT2D eigenvalue weighted by atomic mass is 10.0. The summed E-state index contributed by atoms with van der Waals surface area (Å²) in [5, 5.41) is 9.35. The number of ether oxygens (including phenoxy) is 1. The van der Waals surface area contributed by atoms with Crippen LogP contribution in [0.25, 0.3) is 0 Å². The molecule has 0 aromatic heterocycles. The average Bonchev–Trinajstić information content (AvgIpc) is 2.48. The molecule has 2 unspecified atom stereocenters. The van der Waals surface area contributed by atoms with Crippen molar-refractivity contribution in [2.75, 3.05) is 0 Å². The number of carbonyl (C=O) groups is 1. The van der Waals surface area contributed by atoms with E-state index >= 15 is 0 Å². The van der Waals surface area contributed by atoms with Gasteiger partial charge in [-0.1, -0.05) is 57.6 Å². The standard InChI is InChI=1S/C18H32O3/c1-2-3-10-13-16-14-11-8-6-4-5-7-9-12-15-17(21-16)18(19)20/h6,8,16-17H,2-5,7,9-15H2,1H3,(H,19,20)/b8-6-. The van der Waals surface area contributed by atoms with Crippen LogP contribution in [0, 0.1) is 0 Å². The smallest absolute Gasteiger partial charge is 0.332 e. The Labute approximate surface area is 129 Å². The zero-order valence-electron chi connectivity index (χ0n) is 13.6. The van der Waals surface area contributed by atoms with Crippen molar-refractivity contribution in [3.8, 4) is 0 Å². The van der Waals surface area contributed by atoms with E-state index in [1.54, 1.807) is 0 Å². The highest BCUT2D eigenvalue weighted by molar-refractivity contribution is 5.72. The SMILES string of the molecule is CCCCCC1CC/C=C\CCCCCCC(C(=O)O)O1. The molecular weight excluding hydrogens is 264 g/mol. The molecule has 0 spiro atoms. The second-order valence-corrected chi connectivity index (χ2v) is 6.12. The van der Waals surface area contributed by atoms with Gasteiger partial charge in [0.15, 0.2) is 6.10 Å². The molecular formula is C18H32O3. The van der Waals surface area contributed by atoms with Crippen LogP contribution >= 0.6 is 0 Å². The van der Waals surface area contributed by atoms with Gasteiger partial charge in [-0.15, -0.1) is 0 Å². The minimum Gasteiger partial charge on any atom is -0.479 e. The highest BCUT2D eigenvalue weighted by Crippen LogP contribution is 2.19. The van der Waals surface area contributed by atoms with Crippen LogP contribution in [0.1, 0.15) is 84.0 Å². The first-order valence-corrected chi connectivity index (χ1v) is 8.77. The van der Waals surface area contributed by atoms with Crippen molar-refractivity contribution in [3.05, 3.63) is 12.2 Å². The van der Waals surface area contributed by atoms with Gasteiger partial charge < -0.3 is 9.84 Å². The molecule has 21 heavy (non-hydrogen) atoms. The molecule has 1 heterocycles. The van der Waals surface area contributed by atoms with E-state index in [2.05, 4.69) is 19.1 Å². The Hall–Kier alpha value is -0.830. The normalized spacial score (nSPS) is 27.1. The van der Waals surface area contributed by atoms with Gasteiger partial charge in [0.05, 0.1) is 6.10 Å². The zero-order valence-corrected chi connectivity index (χ0v) is 13.6. The van der Waals surface area contributed by atoms with Crippen molar-refractivity contribution in [1.29, 1.82) is 0 Å². The molecule has 0 amide bonds. The minimum absolute atomic E-state index is 0.100. The number of carboxylic acids is 1. The van der Waals surface area contributed by atoms with Crippen LogP contribution in [-0.4, -0.2) is 23.3 Å². The van der Waals surface area contributed by atoms with E-state index < -0.39 is 12.1 Å². The number of hydrogen-bond donors (Lipinski definition) is 1. The van der Waals surface area contributed by atoms with Crippen LogP contribution < -0.4 is 0 Å². The number of allylic oxidation sites excluding steroid dienone is 2. The maximum atomic E-state index is 11.4. The molecule has 122 valence electrons. The van der Waals surface area contributed by atoms with Crippen molar-refractivity contribution >= 4 is 5.97 Å². The molecule has 0 saturated carbocycles. The zero-order chi connectivity index (χ0) is 15.3. The van der Waals surface area contributed by atoms with E-state index in [9.17, 15) is 9.90 Å². The molecule has 3 nitrogen and oxygen atoms in total. The third-order valence-electron chi connectivity index (χ3n) is 4.17. The van der Waals surface area contributed by atoms with Crippen molar-refractivity contribution in [1.82, 2.24) is 0 Å². The molecule has 0 bridgehead atoms. The Morgan fingerprint density at radius 2 is 1.86 bits per heavy atom. The summed E-state index contributed by atoms with van der Waals surface area (Å²) in [7, 11) is 0. The van der Waals surface area contributed by atoms with Crippen molar-refractivity contribution in [3.63, 3.8) is 0 Å². The van der Waals surface area contributed by atoms with Crippen molar-refractivity contribution < 1.29 is 14.6 Å². The number of hydrogen-bond acceptors (Lipinski definition) is 2. The second-order valence-electron chi connectivity index (χ2n) is 6.12. The lowest BCUT2D eigenvalue weighted by Gasteiger charge is -2.22. The van der Waals surface area contributed by atoms with Crippen molar-refractivity contribution in [2.45, 2.75) is 96.2 Å². The van der Waals surface area contributed by atoms with Gasteiger partial charge in [0.25, 0.3) is 0 Å². The number of aliphatic carboxylic acids is 1. The summed E-state index contributed by atoms with van der Waals surface area (Å²) in [6.07, 6.45) is 16.8. The summed E-state index contributed by atoms with van der Waals surface area (Å²) in [6.45, 7) is 2.19. The minimum atomic E-state index is -0.791. The van der Waals surface area contributed by atoms with Gasteiger partial charge in [-0.2, -0.15) is 0 Å². The first-order chi connectivity index (χ1) is 10.2. The summed E-state index contributed by atoms with van der Waals surface area (Å²) in [5.74, 6) is -0.791. The molecule has 2 atom stereocenters. The van der Waals surface area contributed by atoms with Gasteiger partial charge in [0.1, 0.15) is 0 Å². The van der Waals surface area contributed by atoms with Crippen LogP contribution in [0.3, 0.4) is 0 Å². The van der Waals surface area contributed by atoms with Crippen LogP contribution in [-0.2, 0) is 9.53 Å². The molecule has 1 aliphatic rings. The maximum Gasteiger partial charge on any atom is 0.332 e. The molecule has 0 aromatic rings. The lowest BCUT2D eigenvalue weighted by molar-refractivity contribution is -0.155. The van der Waals surface area contributed by atoms with E-state index in [0.29, 0.717) is 6.42 Å². The fraction of sp³-hybridized carbons (Fsp3) is 0.833. The van der Waals surface area contributed by atoms with E-state index in [4.69, 9.17) is 4.74 Å². The molecule has 0 aromatic carbocycles. The molecule has 0 saturated heterocycles. The van der Waals surface area contributed by atoms with Crippen LogP contribution in [0.2, 0.25) is 0 Å². The average molecular weight is 296 g/mol. The summed E-state index contributed by atoms with van der Waals surface area (Å²) in [6, 6.07) is 0. The molecule has 0 fully saturated rings. The van der Waals surface area contributed by atoms with Crippen LogP contribution in [0.4, 0.5) is 0 Å². The lowest BCUT2D eigenvalue weighted by Crippen LogP contribution is -2.29. The molecule has 1 rings (SSSR count). The third-order valence-corrected chi connectivity index (χ3v) is 4.17. The fourth-order valence-corrected chi connectivity index (χ4v) is 2.85. The Balaban J connectivity index is 2.55.